The number of amides is 1. The van der Waals surface area contributed by atoms with Gasteiger partial charge in [-0.2, -0.15) is 0 Å². The lowest BCUT2D eigenvalue weighted by Gasteiger charge is -2.21. The highest BCUT2D eigenvalue weighted by atomic mass is 127. The molecular weight excluding hydrogens is 581 g/mol. The van der Waals surface area contributed by atoms with E-state index in [-0.39, 0.29) is 11.8 Å². The van der Waals surface area contributed by atoms with Crippen molar-refractivity contribution in [3.05, 3.63) is 37.6 Å². The largest absolute Gasteiger partial charge is 0.326 e. The number of carbonyl (C=O) groups is 1. The van der Waals surface area contributed by atoms with Crippen molar-refractivity contribution >= 4 is 79.6 Å². The van der Waals surface area contributed by atoms with E-state index in [1.165, 1.54) is 3.58 Å². The zero-order valence-electron chi connectivity index (χ0n) is 10.7. The summed E-state index contributed by atoms with van der Waals surface area (Å²) in [6.07, 6.45) is 0. The molecule has 0 radical (unpaired) electrons. The van der Waals surface area contributed by atoms with Crippen LogP contribution in [0.4, 0.5) is 5.69 Å². The summed E-state index contributed by atoms with van der Waals surface area (Å²) in [6, 6.07) is 9.55. The van der Waals surface area contributed by atoms with Gasteiger partial charge in [-0.25, -0.2) is 0 Å². The molecule has 0 aromatic heterocycles. The SMILES string of the molecule is C/C(I)=C(\I)N(I)C[C@H](C)C(=O)Nc1ccccc1. The molecule has 0 saturated heterocycles. The number of para-hydroxylation sites is 1. The van der Waals surface area contributed by atoms with Crippen LogP contribution >= 0.6 is 68.0 Å². The minimum atomic E-state index is -0.0716. The highest BCUT2D eigenvalue weighted by Gasteiger charge is 2.17. The minimum Gasteiger partial charge on any atom is -0.326 e. The van der Waals surface area contributed by atoms with Gasteiger partial charge in [-0.1, -0.05) is 25.1 Å². The van der Waals surface area contributed by atoms with E-state index in [0.717, 1.165) is 9.39 Å². The Bertz CT molecular complexity index is 458. The maximum absolute atomic E-state index is 12.1. The van der Waals surface area contributed by atoms with E-state index < -0.39 is 0 Å². The standard InChI is InChI=1S/C13H15I3N2O/c1-9(8-18(16)12(15)10(2)14)13(19)17-11-6-4-3-5-7-11/h3-7,9H,8H2,1-2H3,(H,17,19)/b12-10-/t9-/m0/s1. The maximum atomic E-state index is 12.1. The molecule has 0 unspecified atom stereocenters. The fraction of sp³-hybridized carbons (Fsp3) is 0.308. The van der Waals surface area contributed by atoms with E-state index in [2.05, 4.69) is 83.4 Å². The van der Waals surface area contributed by atoms with Gasteiger partial charge in [0, 0.05) is 15.8 Å². The molecule has 0 fully saturated rings. The van der Waals surface area contributed by atoms with Gasteiger partial charge in [-0.3, -0.25) is 4.79 Å². The Labute approximate surface area is 155 Å². The van der Waals surface area contributed by atoms with Crippen LogP contribution in [0.2, 0.25) is 0 Å². The topological polar surface area (TPSA) is 32.3 Å². The Kier molecular flexibility index (Phi) is 7.95. The first-order valence-electron chi connectivity index (χ1n) is 5.73. The van der Waals surface area contributed by atoms with Crippen molar-refractivity contribution in [1.29, 1.82) is 0 Å². The molecule has 0 bridgehead atoms. The number of anilines is 1. The second-order valence-corrected chi connectivity index (χ2v) is 7.93. The number of nitrogens with one attached hydrogen (secondary N) is 1. The van der Waals surface area contributed by atoms with Crippen molar-refractivity contribution in [3.63, 3.8) is 0 Å². The van der Waals surface area contributed by atoms with E-state index >= 15 is 0 Å². The van der Waals surface area contributed by atoms with Gasteiger partial charge >= 0.3 is 0 Å². The van der Waals surface area contributed by atoms with Crippen LogP contribution in [0.1, 0.15) is 13.8 Å². The molecule has 19 heavy (non-hydrogen) atoms. The smallest absolute Gasteiger partial charge is 0.229 e. The molecule has 6 heteroatoms. The first-order valence-corrected chi connectivity index (χ1v) is 8.85. The molecule has 1 atom stereocenters. The lowest BCUT2D eigenvalue weighted by atomic mass is 10.1. The number of hydrogen-bond acceptors (Lipinski definition) is 2. The monoisotopic (exact) mass is 596 g/mol. The first-order chi connectivity index (χ1) is 8.91. The van der Waals surface area contributed by atoms with Gasteiger partial charge in [0.2, 0.25) is 5.91 Å². The zero-order valence-corrected chi connectivity index (χ0v) is 17.1. The van der Waals surface area contributed by atoms with Crippen molar-refractivity contribution < 1.29 is 4.79 Å². The fourth-order valence-corrected chi connectivity index (χ4v) is 3.26. The summed E-state index contributed by atoms with van der Waals surface area (Å²) in [5.74, 6) is -0.0270. The van der Waals surface area contributed by atoms with Gasteiger partial charge in [-0.05, 0) is 64.2 Å². The number of nitrogens with zero attached hydrogens (tertiary/aromatic N) is 1. The number of benzene rings is 1. The molecule has 1 N–H and O–H groups in total. The third-order valence-electron chi connectivity index (χ3n) is 2.42. The van der Waals surface area contributed by atoms with Crippen molar-refractivity contribution in [2.24, 2.45) is 5.92 Å². The predicted octanol–water partition coefficient (Wildman–Crippen LogP) is 4.97. The average Bonchev–Trinajstić information content (AvgIpc) is 2.38. The Balaban J connectivity index is 2.57. The summed E-state index contributed by atoms with van der Waals surface area (Å²) < 4.78 is 4.47. The van der Waals surface area contributed by atoms with E-state index in [0.29, 0.717) is 6.54 Å². The molecule has 0 aliphatic carbocycles. The quantitative estimate of drug-likeness (QED) is 0.296. The molecule has 1 aromatic rings. The van der Waals surface area contributed by atoms with Gasteiger partial charge in [-0.15, -0.1) is 0 Å². The van der Waals surface area contributed by atoms with Crippen molar-refractivity contribution in [1.82, 2.24) is 3.11 Å². The van der Waals surface area contributed by atoms with E-state index in [1.807, 2.05) is 37.3 Å². The lowest BCUT2D eigenvalue weighted by Crippen LogP contribution is -2.28. The second kappa shape index (κ2) is 8.65. The third-order valence-corrected chi connectivity index (χ3v) is 7.15. The van der Waals surface area contributed by atoms with Crippen LogP contribution in [-0.4, -0.2) is 15.6 Å². The van der Waals surface area contributed by atoms with E-state index in [4.69, 9.17) is 0 Å². The molecule has 0 spiro atoms. The minimum absolute atomic E-state index is 0.0446. The molecule has 1 aromatic carbocycles. The van der Waals surface area contributed by atoms with Gasteiger partial charge < -0.3 is 8.43 Å². The maximum Gasteiger partial charge on any atom is 0.229 e. The molecule has 1 rings (SSSR count). The van der Waals surface area contributed by atoms with E-state index in [9.17, 15) is 4.79 Å². The van der Waals surface area contributed by atoms with Crippen LogP contribution in [0.15, 0.2) is 37.6 Å². The summed E-state index contributed by atoms with van der Waals surface area (Å²) in [5, 5.41) is 2.93. The summed E-state index contributed by atoms with van der Waals surface area (Å²) in [4.78, 5) is 12.1. The molecule has 1 amide bonds. The first kappa shape index (κ1) is 17.5. The van der Waals surface area contributed by atoms with Gasteiger partial charge in [0.05, 0.1) is 32.5 Å². The Morgan fingerprint density at radius 1 is 1.32 bits per heavy atom. The van der Waals surface area contributed by atoms with Gasteiger partial charge in [0.25, 0.3) is 0 Å². The van der Waals surface area contributed by atoms with Crippen LogP contribution < -0.4 is 5.32 Å². The average molecular weight is 596 g/mol. The van der Waals surface area contributed by atoms with Crippen LogP contribution in [0.25, 0.3) is 0 Å². The number of carbonyl (C=O) groups excluding carboxylic acids is 1. The van der Waals surface area contributed by atoms with E-state index in [1.54, 1.807) is 0 Å². The van der Waals surface area contributed by atoms with Crippen LogP contribution in [0.3, 0.4) is 0 Å². The van der Waals surface area contributed by atoms with Crippen LogP contribution in [0, 0.1) is 5.92 Å². The zero-order chi connectivity index (χ0) is 14.4. The molecular formula is C13H15I3N2O. The normalized spacial score (nSPS) is 13.5. The molecule has 3 nitrogen and oxygen atoms in total. The summed E-state index contributed by atoms with van der Waals surface area (Å²) in [7, 11) is 0. The number of halogens is 3. The number of hydrogen-bond donors (Lipinski definition) is 1. The van der Waals surface area contributed by atoms with Crippen molar-refractivity contribution in [2.45, 2.75) is 13.8 Å². The van der Waals surface area contributed by atoms with Crippen molar-refractivity contribution in [2.75, 3.05) is 11.9 Å². The Morgan fingerprint density at radius 3 is 2.42 bits per heavy atom. The van der Waals surface area contributed by atoms with Crippen LogP contribution in [-0.2, 0) is 4.79 Å². The number of rotatable bonds is 5. The molecule has 0 heterocycles. The summed E-state index contributed by atoms with van der Waals surface area (Å²) in [6.45, 7) is 4.69. The van der Waals surface area contributed by atoms with Gasteiger partial charge in [0.1, 0.15) is 0 Å². The Morgan fingerprint density at radius 2 is 1.89 bits per heavy atom. The lowest BCUT2D eigenvalue weighted by molar-refractivity contribution is -0.119. The highest BCUT2D eigenvalue weighted by Crippen LogP contribution is 2.26. The highest BCUT2D eigenvalue weighted by molar-refractivity contribution is 14.1. The third kappa shape index (κ3) is 6.15. The molecule has 104 valence electrons. The summed E-state index contributed by atoms with van der Waals surface area (Å²) >= 11 is 6.83. The summed E-state index contributed by atoms with van der Waals surface area (Å²) in [5.41, 5.74) is 0.842. The Hall–Kier alpha value is 0.420. The molecule has 0 saturated carbocycles. The predicted molar refractivity (Wildman–Crippen MR) is 106 cm³/mol. The second-order valence-electron chi connectivity index (χ2n) is 4.13. The fourth-order valence-electron chi connectivity index (χ4n) is 1.36. The van der Waals surface area contributed by atoms with Gasteiger partial charge in [0.15, 0.2) is 0 Å². The molecule has 0 aliphatic rings. The van der Waals surface area contributed by atoms with Crippen LogP contribution in [0.5, 0.6) is 0 Å². The number of allylic oxidation sites excluding steroid dienone is 1. The molecule has 0 aliphatic heterocycles. The van der Waals surface area contributed by atoms with Crippen molar-refractivity contribution in [3.8, 4) is 0 Å².